The van der Waals surface area contributed by atoms with E-state index in [1.54, 1.807) is 23.1 Å². The summed E-state index contributed by atoms with van der Waals surface area (Å²) >= 11 is 11.9. The van der Waals surface area contributed by atoms with Gasteiger partial charge in [0.05, 0.1) is 6.10 Å². The van der Waals surface area contributed by atoms with Gasteiger partial charge in [0, 0.05) is 47.7 Å². The van der Waals surface area contributed by atoms with Gasteiger partial charge in [-0.3, -0.25) is 9.59 Å². The number of benzene rings is 1. The number of rotatable bonds is 4. The van der Waals surface area contributed by atoms with E-state index in [1.165, 1.54) is 0 Å². The highest BCUT2D eigenvalue weighted by molar-refractivity contribution is 6.35. The molecule has 2 heterocycles. The van der Waals surface area contributed by atoms with E-state index < -0.39 is 12.1 Å². The minimum Gasteiger partial charge on any atom is -0.391 e. The number of amides is 2. The Morgan fingerprint density at radius 2 is 1.92 bits per heavy atom. The second kappa shape index (κ2) is 9.24. The molecule has 144 valence electrons. The number of hydrogen-bond donors (Lipinski definition) is 3. The second-order valence-electron chi connectivity index (χ2n) is 6.55. The van der Waals surface area contributed by atoms with E-state index in [0.29, 0.717) is 48.2 Å². The van der Waals surface area contributed by atoms with Crippen molar-refractivity contribution in [3.05, 3.63) is 33.8 Å². The summed E-state index contributed by atoms with van der Waals surface area (Å²) in [5.74, 6) is -0.427. The van der Waals surface area contributed by atoms with Gasteiger partial charge in [0.2, 0.25) is 5.91 Å². The van der Waals surface area contributed by atoms with Gasteiger partial charge in [-0.05, 0) is 31.0 Å². The maximum atomic E-state index is 12.8. The van der Waals surface area contributed by atoms with Gasteiger partial charge in [0.1, 0.15) is 6.04 Å². The molecule has 0 bridgehead atoms. The number of carbonyl (C=O) groups is 2. The number of likely N-dealkylation sites (tertiary alicyclic amines) is 1. The molecule has 3 rings (SSSR count). The maximum Gasteiger partial charge on any atom is 0.254 e. The molecule has 0 radical (unpaired) electrons. The van der Waals surface area contributed by atoms with Gasteiger partial charge in [-0.1, -0.05) is 23.2 Å². The van der Waals surface area contributed by atoms with E-state index in [1.807, 2.05) is 0 Å². The van der Waals surface area contributed by atoms with Gasteiger partial charge in [-0.25, -0.2) is 0 Å². The number of carbonyl (C=O) groups excluding carboxylic acids is 2. The van der Waals surface area contributed by atoms with Gasteiger partial charge in [0.25, 0.3) is 5.91 Å². The van der Waals surface area contributed by atoms with Crippen molar-refractivity contribution in [1.82, 2.24) is 15.5 Å². The van der Waals surface area contributed by atoms with Gasteiger partial charge in [0.15, 0.2) is 0 Å². The summed E-state index contributed by atoms with van der Waals surface area (Å²) in [6, 6.07) is 4.18. The number of aliphatic hydroxyl groups excluding tert-OH is 1. The minimum atomic E-state index is -0.503. The second-order valence-corrected chi connectivity index (χ2v) is 7.42. The predicted molar refractivity (Wildman–Crippen MR) is 103 cm³/mol. The number of β-amino-alcohol motifs (C(OH)–C–C–N with tert-alkyl or cyclic N) is 1. The lowest BCUT2D eigenvalue weighted by Crippen LogP contribution is -2.47. The fraction of sp³-hybridized carbons (Fsp3) is 0.529. The van der Waals surface area contributed by atoms with Crippen LogP contribution in [-0.2, 0) is 4.79 Å². The van der Waals surface area contributed by atoms with E-state index in [2.05, 4.69) is 10.6 Å². The van der Waals surface area contributed by atoms with Crippen LogP contribution in [0, 0.1) is 5.92 Å². The third-order valence-electron chi connectivity index (χ3n) is 4.77. The molecule has 0 aromatic heterocycles. The molecular weight excluding hydrogens is 401 g/mol. The third-order valence-corrected chi connectivity index (χ3v) is 5.20. The zero-order chi connectivity index (χ0) is 18.0. The maximum absolute atomic E-state index is 12.8. The minimum absolute atomic E-state index is 0. The van der Waals surface area contributed by atoms with Gasteiger partial charge < -0.3 is 20.6 Å². The first-order chi connectivity index (χ1) is 12.0. The summed E-state index contributed by atoms with van der Waals surface area (Å²) < 4.78 is 0. The lowest BCUT2D eigenvalue weighted by Gasteiger charge is -2.25. The van der Waals surface area contributed by atoms with Crippen LogP contribution in [0.3, 0.4) is 0 Å². The molecule has 3 unspecified atom stereocenters. The van der Waals surface area contributed by atoms with Crippen molar-refractivity contribution in [3.8, 4) is 0 Å². The fourth-order valence-corrected chi connectivity index (χ4v) is 3.93. The van der Waals surface area contributed by atoms with Crippen molar-refractivity contribution in [2.45, 2.75) is 25.0 Å². The van der Waals surface area contributed by atoms with Crippen molar-refractivity contribution >= 4 is 47.4 Å². The van der Waals surface area contributed by atoms with E-state index in [0.717, 1.165) is 6.42 Å². The largest absolute Gasteiger partial charge is 0.391 e. The Labute approximate surface area is 168 Å². The van der Waals surface area contributed by atoms with Crippen LogP contribution in [0.2, 0.25) is 10.0 Å². The normalized spacial score (nSPS) is 25.0. The Bertz CT molecular complexity index is 654. The van der Waals surface area contributed by atoms with Crippen molar-refractivity contribution < 1.29 is 14.7 Å². The van der Waals surface area contributed by atoms with Crippen LogP contribution in [-0.4, -0.2) is 60.1 Å². The molecule has 2 aliphatic rings. The van der Waals surface area contributed by atoms with Crippen LogP contribution in [0.5, 0.6) is 0 Å². The smallest absolute Gasteiger partial charge is 0.254 e. The van der Waals surface area contributed by atoms with Crippen molar-refractivity contribution in [2.24, 2.45) is 5.92 Å². The van der Waals surface area contributed by atoms with Crippen LogP contribution < -0.4 is 10.6 Å². The molecule has 1 aromatic carbocycles. The average Bonchev–Trinajstić information content (AvgIpc) is 3.20. The number of nitrogens with one attached hydrogen (secondary N) is 2. The SMILES string of the molecule is Cl.O=C(NCC1CNCC1O)C1CCCN1C(=O)c1cc(Cl)cc(Cl)c1. The fourth-order valence-electron chi connectivity index (χ4n) is 3.40. The Balaban J connectivity index is 0.00000243. The predicted octanol–water partition coefficient (Wildman–Crippen LogP) is 1.72. The molecule has 26 heavy (non-hydrogen) atoms. The molecular formula is C17H22Cl3N3O3. The molecule has 3 N–H and O–H groups in total. The molecule has 9 heteroatoms. The van der Waals surface area contributed by atoms with Gasteiger partial charge >= 0.3 is 0 Å². The third kappa shape index (κ3) is 4.81. The Kier molecular flexibility index (Phi) is 7.55. The molecule has 2 saturated heterocycles. The summed E-state index contributed by atoms with van der Waals surface area (Å²) in [7, 11) is 0. The molecule has 0 spiro atoms. The lowest BCUT2D eigenvalue weighted by molar-refractivity contribution is -0.125. The molecule has 1 aromatic rings. The highest BCUT2D eigenvalue weighted by atomic mass is 35.5. The topological polar surface area (TPSA) is 81.7 Å². The summed E-state index contributed by atoms with van der Waals surface area (Å²) in [5.41, 5.74) is 0.382. The van der Waals surface area contributed by atoms with Gasteiger partial charge in [-0.2, -0.15) is 0 Å². The van der Waals surface area contributed by atoms with Crippen molar-refractivity contribution in [2.75, 3.05) is 26.2 Å². The van der Waals surface area contributed by atoms with E-state index in [-0.39, 0.29) is 30.1 Å². The Morgan fingerprint density at radius 1 is 1.23 bits per heavy atom. The number of nitrogens with zero attached hydrogens (tertiary/aromatic N) is 1. The zero-order valence-corrected chi connectivity index (χ0v) is 16.4. The van der Waals surface area contributed by atoms with E-state index in [9.17, 15) is 14.7 Å². The van der Waals surface area contributed by atoms with Crippen LogP contribution in [0.25, 0.3) is 0 Å². The van der Waals surface area contributed by atoms with Crippen LogP contribution in [0.4, 0.5) is 0 Å². The van der Waals surface area contributed by atoms with Crippen LogP contribution >= 0.6 is 35.6 Å². The molecule has 3 atom stereocenters. The standard InChI is InChI=1S/C17H21Cl2N3O3.ClH/c18-12-4-10(5-13(19)6-12)17(25)22-3-1-2-14(22)16(24)21-8-11-7-20-9-15(11)23;/h4-6,11,14-15,20,23H,1-3,7-9H2,(H,21,24);1H. The molecule has 6 nitrogen and oxygen atoms in total. The lowest BCUT2D eigenvalue weighted by atomic mass is 10.1. The van der Waals surface area contributed by atoms with Crippen LogP contribution in [0.1, 0.15) is 23.2 Å². The Morgan fingerprint density at radius 3 is 2.54 bits per heavy atom. The number of aliphatic hydroxyl groups is 1. The number of halogens is 3. The molecule has 2 aliphatic heterocycles. The highest BCUT2D eigenvalue weighted by Gasteiger charge is 2.35. The molecule has 0 saturated carbocycles. The van der Waals surface area contributed by atoms with E-state index in [4.69, 9.17) is 23.2 Å². The van der Waals surface area contributed by atoms with Gasteiger partial charge in [-0.15, -0.1) is 12.4 Å². The first kappa shape index (κ1) is 21.3. The first-order valence-corrected chi connectivity index (χ1v) is 9.15. The molecule has 0 aliphatic carbocycles. The van der Waals surface area contributed by atoms with Crippen molar-refractivity contribution in [3.63, 3.8) is 0 Å². The molecule has 2 amide bonds. The summed E-state index contributed by atoms with van der Waals surface area (Å²) in [6.45, 7) is 2.14. The average molecular weight is 423 g/mol. The Hall–Kier alpha value is -1.05. The zero-order valence-electron chi connectivity index (χ0n) is 14.1. The highest BCUT2D eigenvalue weighted by Crippen LogP contribution is 2.24. The quantitative estimate of drug-likeness (QED) is 0.690. The summed E-state index contributed by atoms with van der Waals surface area (Å²) in [4.78, 5) is 26.9. The monoisotopic (exact) mass is 421 g/mol. The van der Waals surface area contributed by atoms with Crippen LogP contribution in [0.15, 0.2) is 18.2 Å². The molecule has 2 fully saturated rings. The van der Waals surface area contributed by atoms with E-state index >= 15 is 0 Å². The first-order valence-electron chi connectivity index (χ1n) is 8.39. The summed E-state index contributed by atoms with van der Waals surface area (Å²) in [5, 5.41) is 16.5. The summed E-state index contributed by atoms with van der Waals surface area (Å²) in [6.07, 6.45) is 0.943. The number of hydrogen-bond acceptors (Lipinski definition) is 4. The van der Waals surface area contributed by atoms with Crippen molar-refractivity contribution in [1.29, 1.82) is 0 Å².